The maximum Gasteiger partial charge on any atom is 0.335 e. The van der Waals surface area contributed by atoms with Gasteiger partial charge in [-0.15, -0.1) is 0 Å². The van der Waals surface area contributed by atoms with Gasteiger partial charge in [-0.1, -0.05) is 6.07 Å². The predicted molar refractivity (Wildman–Crippen MR) is 80.8 cm³/mol. The lowest BCUT2D eigenvalue weighted by molar-refractivity contribution is 0.0697. The highest BCUT2D eigenvalue weighted by Gasteiger charge is 2.04. The van der Waals surface area contributed by atoms with Gasteiger partial charge < -0.3 is 9.67 Å². The van der Waals surface area contributed by atoms with Gasteiger partial charge in [0.2, 0.25) is 0 Å². The predicted octanol–water partition coefficient (Wildman–Crippen LogP) is 2.84. The molecule has 0 unspecified atom stereocenters. The van der Waals surface area contributed by atoms with Crippen LogP contribution in [0.15, 0.2) is 42.9 Å². The molecule has 0 radical (unpaired) electrons. The Hall–Kier alpha value is -2.95. The van der Waals surface area contributed by atoms with Gasteiger partial charge in [0.25, 0.3) is 0 Å². The van der Waals surface area contributed by atoms with Crippen LogP contribution in [0, 0.1) is 0 Å². The Morgan fingerprint density at radius 2 is 2.00 bits per heavy atom. The molecule has 21 heavy (non-hydrogen) atoms. The number of aromatic nitrogens is 3. The van der Waals surface area contributed by atoms with Gasteiger partial charge in [-0.05, 0) is 36.4 Å². The number of imidazole rings is 1. The molecule has 1 aromatic carbocycles. The maximum absolute atomic E-state index is 10.9. The lowest BCUT2D eigenvalue weighted by Crippen LogP contribution is -1.95. The zero-order valence-electron chi connectivity index (χ0n) is 11.4. The molecule has 0 saturated heterocycles. The Morgan fingerprint density at radius 1 is 1.19 bits per heavy atom. The first-order valence-corrected chi connectivity index (χ1v) is 6.42. The van der Waals surface area contributed by atoms with Crippen molar-refractivity contribution in [2.45, 2.75) is 0 Å². The van der Waals surface area contributed by atoms with Crippen molar-refractivity contribution in [1.82, 2.24) is 14.5 Å². The molecule has 0 aliphatic heterocycles. The minimum atomic E-state index is -0.934. The van der Waals surface area contributed by atoms with Gasteiger partial charge in [0, 0.05) is 18.6 Å². The zero-order valence-corrected chi connectivity index (χ0v) is 11.4. The molecule has 5 nitrogen and oxygen atoms in total. The fourth-order valence-corrected chi connectivity index (χ4v) is 2.06. The summed E-state index contributed by atoms with van der Waals surface area (Å²) in [6, 6.07) is 8.62. The Labute approximate surface area is 121 Å². The third kappa shape index (κ3) is 2.81. The lowest BCUT2D eigenvalue weighted by atomic mass is 10.1. The molecular formula is C16H13N3O2. The summed E-state index contributed by atoms with van der Waals surface area (Å²) in [5, 5.41) is 9.78. The van der Waals surface area contributed by atoms with Crippen molar-refractivity contribution in [2.24, 2.45) is 7.05 Å². The summed E-state index contributed by atoms with van der Waals surface area (Å²) in [6.45, 7) is 0. The van der Waals surface area contributed by atoms with Crippen molar-refractivity contribution in [2.75, 3.05) is 0 Å². The number of fused-ring (bicyclic) bond motifs is 1. The van der Waals surface area contributed by atoms with E-state index in [0.29, 0.717) is 0 Å². The molecule has 104 valence electrons. The highest BCUT2D eigenvalue weighted by molar-refractivity contribution is 5.93. The number of hydrogen-bond acceptors (Lipinski definition) is 3. The molecule has 0 saturated carbocycles. The van der Waals surface area contributed by atoms with E-state index in [4.69, 9.17) is 5.11 Å². The molecule has 1 N–H and O–H groups in total. The van der Waals surface area contributed by atoms with E-state index in [-0.39, 0.29) is 5.56 Å². The molecule has 0 aliphatic carbocycles. The van der Waals surface area contributed by atoms with E-state index in [1.807, 2.05) is 42.1 Å². The highest BCUT2D eigenvalue weighted by atomic mass is 16.4. The number of hydrogen-bond donors (Lipinski definition) is 1. The second-order valence-electron chi connectivity index (χ2n) is 4.75. The number of rotatable bonds is 3. The van der Waals surface area contributed by atoms with Crippen LogP contribution in [0.1, 0.15) is 21.7 Å². The van der Waals surface area contributed by atoms with Crippen LogP contribution in [0.25, 0.3) is 23.1 Å². The quantitative estimate of drug-likeness (QED) is 0.800. The van der Waals surface area contributed by atoms with Crippen LogP contribution >= 0.6 is 0 Å². The standard InChI is InChI=1S/C16H13N3O2/c1-19-9-14(17-10-19)6-5-13-4-2-11-8-12(16(20)21)3-7-15(11)18-13/h2-10H,1H3,(H,20,21)/b6-5+. The van der Waals surface area contributed by atoms with E-state index >= 15 is 0 Å². The normalized spacial score (nSPS) is 11.3. The number of carboxylic acids is 1. The van der Waals surface area contributed by atoms with E-state index in [9.17, 15) is 4.79 Å². The molecule has 0 bridgehead atoms. The van der Waals surface area contributed by atoms with Crippen LogP contribution < -0.4 is 0 Å². The minimum Gasteiger partial charge on any atom is -0.478 e. The Morgan fingerprint density at radius 3 is 2.71 bits per heavy atom. The van der Waals surface area contributed by atoms with Gasteiger partial charge in [-0.3, -0.25) is 0 Å². The number of pyridine rings is 1. The molecule has 0 fully saturated rings. The molecule has 3 aromatic rings. The monoisotopic (exact) mass is 279 g/mol. The molecule has 0 aliphatic rings. The fraction of sp³-hybridized carbons (Fsp3) is 0.0625. The molecule has 2 heterocycles. The molecule has 0 amide bonds. The van der Waals surface area contributed by atoms with E-state index in [1.54, 1.807) is 24.5 Å². The average molecular weight is 279 g/mol. The molecule has 3 rings (SSSR count). The molecular weight excluding hydrogens is 266 g/mol. The largest absolute Gasteiger partial charge is 0.478 e. The third-order valence-electron chi connectivity index (χ3n) is 3.11. The summed E-state index contributed by atoms with van der Waals surface area (Å²) >= 11 is 0. The first kappa shape index (κ1) is 13.1. The summed E-state index contributed by atoms with van der Waals surface area (Å²) in [6.07, 6.45) is 7.42. The Bertz CT molecular complexity index is 850. The number of aryl methyl sites for hydroxylation is 1. The van der Waals surface area contributed by atoms with Gasteiger partial charge in [0.15, 0.2) is 0 Å². The van der Waals surface area contributed by atoms with Crippen molar-refractivity contribution in [3.8, 4) is 0 Å². The number of carboxylic acid groups (broad SMARTS) is 1. The van der Waals surface area contributed by atoms with Crippen LogP contribution in [-0.2, 0) is 7.05 Å². The zero-order chi connectivity index (χ0) is 14.8. The Kier molecular flexibility index (Phi) is 3.23. The molecule has 0 atom stereocenters. The van der Waals surface area contributed by atoms with E-state index in [0.717, 1.165) is 22.3 Å². The smallest absolute Gasteiger partial charge is 0.335 e. The lowest BCUT2D eigenvalue weighted by Gasteiger charge is -2.00. The van der Waals surface area contributed by atoms with Crippen LogP contribution in [0.3, 0.4) is 0 Å². The summed E-state index contributed by atoms with van der Waals surface area (Å²) in [5.41, 5.74) is 2.70. The minimum absolute atomic E-state index is 0.265. The second kappa shape index (κ2) is 5.20. The van der Waals surface area contributed by atoms with E-state index in [1.165, 1.54) is 0 Å². The second-order valence-corrected chi connectivity index (χ2v) is 4.75. The van der Waals surface area contributed by atoms with Gasteiger partial charge >= 0.3 is 5.97 Å². The summed E-state index contributed by atoms with van der Waals surface area (Å²) in [4.78, 5) is 19.6. The number of nitrogens with zero attached hydrogens (tertiary/aromatic N) is 3. The highest BCUT2D eigenvalue weighted by Crippen LogP contribution is 2.16. The van der Waals surface area contributed by atoms with Crippen LogP contribution in [0.2, 0.25) is 0 Å². The van der Waals surface area contributed by atoms with Gasteiger partial charge in [0.05, 0.1) is 28.8 Å². The SMILES string of the molecule is Cn1cnc(/C=C/c2ccc3cc(C(=O)O)ccc3n2)c1. The van der Waals surface area contributed by atoms with Gasteiger partial charge in [-0.2, -0.15) is 0 Å². The summed E-state index contributed by atoms with van der Waals surface area (Å²) in [5.74, 6) is -0.934. The molecule has 5 heteroatoms. The van der Waals surface area contributed by atoms with Gasteiger partial charge in [-0.25, -0.2) is 14.8 Å². The van der Waals surface area contributed by atoms with Crippen molar-refractivity contribution in [3.63, 3.8) is 0 Å². The first-order valence-electron chi connectivity index (χ1n) is 6.42. The molecule has 0 spiro atoms. The topological polar surface area (TPSA) is 68.0 Å². The van der Waals surface area contributed by atoms with E-state index in [2.05, 4.69) is 9.97 Å². The summed E-state index contributed by atoms with van der Waals surface area (Å²) in [7, 11) is 1.92. The average Bonchev–Trinajstić information content (AvgIpc) is 2.90. The van der Waals surface area contributed by atoms with Gasteiger partial charge in [0.1, 0.15) is 0 Å². The number of aromatic carboxylic acids is 1. The Balaban J connectivity index is 1.92. The van der Waals surface area contributed by atoms with Crippen molar-refractivity contribution < 1.29 is 9.90 Å². The number of carbonyl (C=O) groups is 1. The van der Waals surface area contributed by atoms with Crippen molar-refractivity contribution in [1.29, 1.82) is 0 Å². The van der Waals surface area contributed by atoms with Crippen molar-refractivity contribution in [3.05, 3.63) is 59.8 Å². The van der Waals surface area contributed by atoms with Crippen LogP contribution in [0.4, 0.5) is 0 Å². The number of benzene rings is 1. The van der Waals surface area contributed by atoms with Crippen LogP contribution in [-0.4, -0.2) is 25.6 Å². The molecule has 2 aromatic heterocycles. The first-order chi connectivity index (χ1) is 10.1. The van der Waals surface area contributed by atoms with Crippen molar-refractivity contribution >= 4 is 29.0 Å². The van der Waals surface area contributed by atoms with Crippen LogP contribution in [0.5, 0.6) is 0 Å². The maximum atomic E-state index is 10.9. The fourth-order valence-electron chi connectivity index (χ4n) is 2.06. The third-order valence-corrected chi connectivity index (χ3v) is 3.11. The summed E-state index contributed by atoms with van der Waals surface area (Å²) < 4.78 is 1.88. The van der Waals surface area contributed by atoms with E-state index < -0.39 is 5.97 Å².